The van der Waals surface area contributed by atoms with Crippen LogP contribution in [0.2, 0.25) is 0 Å². The molecule has 1 unspecified atom stereocenters. The van der Waals surface area contributed by atoms with Gasteiger partial charge in [-0.1, -0.05) is 78.3 Å². The van der Waals surface area contributed by atoms with Crippen molar-refractivity contribution in [3.8, 4) is 11.1 Å². The normalized spacial score (nSPS) is 17.6. The zero-order chi connectivity index (χ0) is 13.1. The molecule has 0 heterocycles. The van der Waals surface area contributed by atoms with Crippen LogP contribution in [-0.2, 0) is 0 Å². The summed E-state index contributed by atoms with van der Waals surface area (Å²) in [5, 5.41) is 0. The molecule has 0 fully saturated rings. The lowest BCUT2D eigenvalue weighted by atomic mass is 9.84. The van der Waals surface area contributed by atoms with Crippen molar-refractivity contribution in [1.29, 1.82) is 0 Å². The number of benzene rings is 2. The van der Waals surface area contributed by atoms with Crippen molar-refractivity contribution in [2.45, 2.75) is 12.3 Å². The van der Waals surface area contributed by atoms with Crippen LogP contribution in [0.1, 0.15) is 17.9 Å². The molecule has 2 aromatic rings. The van der Waals surface area contributed by atoms with E-state index in [1.165, 1.54) is 16.7 Å². The van der Waals surface area contributed by atoms with Crippen molar-refractivity contribution in [1.82, 2.24) is 0 Å². The van der Waals surface area contributed by atoms with Crippen molar-refractivity contribution in [2.75, 3.05) is 0 Å². The summed E-state index contributed by atoms with van der Waals surface area (Å²) in [6.45, 7) is 0. The van der Waals surface area contributed by atoms with Crippen molar-refractivity contribution >= 4 is 13.3 Å². The summed E-state index contributed by atoms with van der Waals surface area (Å²) >= 11 is 0. The molecule has 0 saturated carbocycles. The van der Waals surface area contributed by atoms with Crippen LogP contribution in [0, 0.1) is 0 Å². The molecule has 0 bridgehead atoms. The predicted octanol–water partition coefficient (Wildman–Crippen LogP) is 3.75. The van der Waals surface area contributed by atoms with Gasteiger partial charge in [-0.3, -0.25) is 0 Å². The molecular weight excluding hydrogens is 227 g/mol. The molecule has 0 nitrogen and oxygen atoms in total. The predicted molar refractivity (Wildman–Crippen MR) is 82.9 cm³/mol. The van der Waals surface area contributed by atoms with E-state index >= 15 is 0 Å². The molecule has 1 aliphatic rings. The SMILES string of the molecule is [B]c1cc(-c2ccccc2)cc(C2C=CC=CC2)c1. The molecule has 0 aliphatic heterocycles. The quantitative estimate of drug-likeness (QED) is 0.703. The average Bonchev–Trinajstić information content (AvgIpc) is 2.48. The smallest absolute Gasteiger partial charge is 0.0958 e. The van der Waals surface area contributed by atoms with E-state index in [1.54, 1.807) is 0 Å². The molecule has 1 heteroatoms. The molecule has 0 amide bonds. The second kappa shape index (κ2) is 5.32. The molecule has 0 saturated heterocycles. The van der Waals surface area contributed by atoms with Crippen LogP contribution < -0.4 is 5.46 Å². The standard InChI is InChI=1S/C18H15B/c19-18-12-16(14-7-3-1-4-8-14)11-17(13-18)15-9-5-2-6-10-15/h1-9,11-13,15H,10H2. The Labute approximate surface area is 115 Å². The van der Waals surface area contributed by atoms with E-state index in [9.17, 15) is 0 Å². The largest absolute Gasteiger partial charge is 0.113 e. The Kier molecular flexibility index (Phi) is 3.37. The fourth-order valence-electron chi connectivity index (χ4n) is 2.52. The summed E-state index contributed by atoms with van der Waals surface area (Å²) in [7, 11) is 6.06. The highest BCUT2D eigenvalue weighted by atomic mass is 14.1. The van der Waals surface area contributed by atoms with E-state index in [-0.39, 0.29) is 0 Å². The molecule has 19 heavy (non-hydrogen) atoms. The van der Waals surface area contributed by atoms with Crippen LogP contribution in [0.4, 0.5) is 0 Å². The number of allylic oxidation sites excluding steroid dienone is 4. The van der Waals surface area contributed by atoms with E-state index < -0.39 is 0 Å². The molecular formula is C18H15B. The van der Waals surface area contributed by atoms with Gasteiger partial charge < -0.3 is 0 Å². The van der Waals surface area contributed by atoms with Gasteiger partial charge in [0.15, 0.2) is 0 Å². The average molecular weight is 242 g/mol. The maximum atomic E-state index is 6.06. The van der Waals surface area contributed by atoms with Gasteiger partial charge in [0, 0.05) is 5.92 Å². The monoisotopic (exact) mass is 242 g/mol. The third-order valence-corrected chi connectivity index (χ3v) is 3.49. The molecule has 1 atom stereocenters. The number of rotatable bonds is 2. The van der Waals surface area contributed by atoms with Crippen LogP contribution in [0.25, 0.3) is 11.1 Å². The first kappa shape index (κ1) is 12.0. The second-order valence-electron chi connectivity index (χ2n) is 4.91. The van der Waals surface area contributed by atoms with E-state index in [4.69, 9.17) is 7.85 Å². The molecule has 3 rings (SSSR count). The van der Waals surface area contributed by atoms with Crippen LogP contribution in [0.15, 0.2) is 72.8 Å². The van der Waals surface area contributed by atoms with Gasteiger partial charge in [-0.05, 0) is 23.1 Å². The van der Waals surface area contributed by atoms with Gasteiger partial charge in [-0.2, -0.15) is 0 Å². The van der Waals surface area contributed by atoms with Crippen molar-refractivity contribution in [2.24, 2.45) is 0 Å². The second-order valence-corrected chi connectivity index (χ2v) is 4.91. The molecule has 90 valence electrons. The minimum absolute atomic E-state index is 0.441. The topological polar surface area (TPSA) is 0 Å². The number of hydrogen-bond donors (Lipinski definition) is 0. The molecule has 0 N–H and O–H groups in total. The molecule has 2 aromatic carbocycles. The fourth-order valence-corrected chi connectivity index (χ4v) is 2.52. The first-order chi connectivity index (χ1) is 9.33. The Morgan fingerprint density at radius 1 is 0.895 bits per heavy atom. The Morgan fingerprint density at radius 3 is 2.47 bits per heavy atom. The Balaban J connectivity index is 2.01. The Bertz CT molecular complexity index is 623. The summed E-state index contributed by atoms with van der Waals surface area (Å²) in [4.78, 5) is 0. The first-order valence-electron chi connectivity index (χ1n) is 6.62. The summed E-state index contributed by atoms with van der Waals surface area (Å²) in [6, 6.07) is 16.8. The van der Waals surface area contributed by atoms with E-state index in [0.717, 1.165) is 11.9 Å². The Morgan fingerprint density at radius 2 is 1.74 bits per heavy atom. The third kappa shape index (κ3) is 2.71. The highest BCUT2D eigenvalue weighted by Gasteiger charge is 2.10. The highest BCUT2D eigenvalue weighted by Crippen LogP contribution is 2.27. The van der Waals surface area contributed by atoms with Gasteiger partial charge in [-0.25, -0.2) is 0 Å². The summed E-state index contributed by atoms with van der Waals surface area (Å²) in [5.74, 6) is 0.441. The first-order valence-corrected chi connectivity index (χ1v) is 6.62. The van der Waals surface area contributed by atoms with Crippen molar-refractivity contribution in [3.05, 3.63) is 78.4 Å². The third-order valence-electron chi connectivity index (χ3n) is 3.49. The summed E-state index contributed by atoms with van der Waals surface area (Å²) in [5.41, 5.74) is 4.53. The zero-order valence-corrected chi connectivity index (χ0v) is 10.8. The highest BCUT2D eigenvalue weighted by molar-refractivity contribution is 6.32. The number of hydrogen-bond acceptors (Lipinski definition) is 0. The van der Waals surface area contributed by atoms with Gasteiger partial charge in [0.25, 0.3) is 0 Å². The maximum Gasteiger partial charge on any atom is 0.113 e. The van der Waals surface area contributed by atoms with Crippen LogP contribution in [0.3, 0.4) is 0 Å². The van der Waals surface area contributed by atoms with E-state index in [1.807, 2.05) is 12.1 Å². The summed E-state index contributed by atoms with van der Waals surface area (Å²) < 4.78 is 0. The van der Waals surface area contributed by atoms with Gasteiger partial charge >= 0.3 is 0 Å². The lowest BCUT2D eigenvalue weighted by Gasteiger charge is -2.16. The van der Waals surface area contributed by atoms with Crippen LogP contribution >= 0.6 is 0 Å². The lowest BCUT2D eigenvalue weighted by molar-refractivity contribution is 0.855. The van der Waals surface area contributed by atoms with Crippen LogP contribution in [-0.4, -0.2) is 7.85 Å². The van der Waals surface area contributed by atoms with Gasteiger partial charge in [0.1, 0.15) is 7.85 Å². The molecule has 0 spiro atoms. The summed E-state index contributed by atoms with van der Waals surface area (Å²) in [6.07, 6.45) is 9.70. The van der Waals surface area contributed by atoms with Crippen molar-refractivity contribution < 1.29 is 0 Å². The van der Waals surface area contributed by atoms with E-state index in [0.29, 0.717) is 5.92 Å². The minimum atomic E-state index is 0.441. The van der Waals surface area contributed by atoms with Gasteiger partial charge in [-0.15, -0.1) is 0 Å². The Hall–Kier alpha value is -2.02. The van der Waals surface area contributed by atoms with Gasteiger partial charge in [0.05, 0.1) is 0 Å². The lowest BCUT2D eigenvalue weighted by Crippen LogP contribution is -2.07. The minimum Gasteiger partial charge on any atom is -0.0958 e. The molecule has 1 aliphatic carbocycles. The molecule has 2 radical (unpaired) electrons. The van der Waals surface area contributed by atoms with Crippen molar-refractivity contribution in [3.63, 3.8) is 0 Å². The zero-order valence-electron chi connectivity index (χ0n) is 10.8. The fraction of sp³-hybridized carbons (Fsp3) is 0.111. The maximum absolute atomic E-state index is 6.06. The van der Waals surface area contributed by atoms with E-state index in [2.05, 4.69) is 60.7 Å². The van der Waals surface area contributed by atoms with Gasteiger partial charge in [0.2, 0.25) is 0 Å². The van der Waals surface area contributed by atoms with Crippen LogP contribution in [0.5, 0.6) is 0 Å². The molecule has 0 aromatic heterocycles.